The number of rotatable bonds is 5. The highest BCUT2D eigenvalue weighted by molar-refractivity contribution is 5.79. The van der Waals surface area contributed by atoms with Gasteiger partial charge in [-0.3, -0.25) is 9.89 Å². The molecule has 1 amide bonds. The molecule has 0 aliphatic carbocycles. The maximum Gasteiger partial charge on any atom is 0.410 e. The number of ether oxygens (including phenoxy) is 1. The van der Waals surface area contributed by atoms with E-state index in [4.69, 9.17) is 4.74 Å². The van der Waals surface area contributed by atoms with E-state index in [9.17, 15) is 4.79 Å². The van der Waals surface area contributed by atoms with E-state index in [0.29, 0.717) is 19.6 Å². The van der Waals surface area contributed by atoms with Crippen molar-refractivity contribution in [1.82, 2.24) is 20.4 Å². The van der Waals surface area contributed by atoms with E-state index >= 15 is 0 Å². The van der Waals surface area contributed by atoms with Crippen molar-refractivity contribution in [3.63, 3.8) is 0 Å². The topological polar surface area (TPSA) is 69.2 Å². The van der Waals surface area contributed by atoms with E-state index in [2.05, 4.69) is 27.1 Å². The van der Waals surface area contributed by atoms with Crippen LogP contribution in [0, 0.1) is 0 Å². The molecule has 0 unspecified atom stereocenters. The number of nitrogens with zero attached hydrogens (tertiary/aromatic N) is 3. The molecule has 0 spiro atoms. The second kappa shape index (κ2) is 9.39. The average molecular weight is 325 g/mol. The van der Waals surface area contributed by atoms with Gasteiger partial charge in [0.25, 0.3) is 0 Å². The maximum atomic E-state index is 12.0. The molecule has 0 aromatic rings. The Morgan fingerprint density at radius 1 is 1.26 bits per heavy atom. The van der Waals surface area contributed by atoms with Gasteiger partial charge in [-0.15, -0.1) is 6.58 Å². The predicted molar refractivity (Wildman–Crippen MR) is 93.8 cm³/mol. The van der Waals surface area contributed by atoms with Crippen molar-refractivity contribution in [1.29, 1.82) is 0 Å². The summed E-state index contributed by atoms with van der Waals surface area (Å²) in [4.78, 5) is 20.2. The standard InChI is InChI=1S/C16H31N5O2/c1-6-7-18-14(17-5)19-8-9-20-10-12-21(13-11-20)15(22)23-16(2,3)4/h6H,1,7-13H2,2-5H3,(H2,17,18,19). The van der Waals surface area contributed by atoms with Gasteiger partial charge >= 0.3 is 6.09 Å². The molecule has 0 aromatic heterocycles. The SMILES string of the molecule is C=CCNC(=NC)NCCN1CCN(C(=O)OC(C)(C)C)CC1. The molecule has 0 aromatic carbocycles. The first-order valence-electron chi connectivity index (χ1n) is 8.11. The zero-order chi connectivity index (χ0) is 17.3. The fourth-order valence-corrected chi connectivity index (χ4v) is 2.20. The van der Waals surface area contributed by atoms with Crippen LogP contribution in [-0.4, -0.2) is 80.3 Å². The molecule has 7 nitrogen and oxygen atoms in total. The molecule has 2 N–H and O–H groups in total. The minimum absolute atomic E-state index is 0.218. The molecule has 1 heterocycles. The highest BCUT2D eigenvalue weighted by Gasteiger charge is 2.25. The lowest BCUT2D eigenvalue weighted by atomic mass is 10.2. The molecule has 0 bridgehead atoms. The van der Waals surface area contributed by atoms with Crippen LogP contribution in [0.3, 0.4) is 0 Å². The van der Waals surface area contributed by atoms with Crippen LogP contribution in [0.15, 0.2) is 17.6 Å². The number of carbonyl (C=O) groups excluding carboxylic acids is 1. The third-order valence-corrected chi connectivity index (χ3v) is 3.38. The Kier molecular flexibility index (Phi) is 7.88. The van der Waals surface area contributed by atoms with Gasteiger partial charge in [-0.25, -0.2) is 4.79 Å². The van der Waals surface area contributed by atoms with E-state index < -0.39 is 5.60 Å². The first-order valence-corrected chi connectivity index (χ1v) is 8.11. The Morgan fingerprint density at radius 3 is 2.43 bits per heavy atom. The van der Waals surface area contributed by atoms with Gasteiger partial charge < -0.3 is 20.3 Å². The summed E-state index contributed by atoms with van der Waals surface area (Å²) >= 11 is 0. The number of hydrogen-bond acceptors (Lipinski definition) is 4. The zero-order valence-corrected chi connectivity index (χ0v) is 14.9. The van der Waals surface area contributed by atoms with Gasteiger partial charge in [0.15, 0.2) is 5.96 Å². The molecule has 1 saturated heterocycles. The molecular formula is C16H31N5O2. The van der Waals surface area contributed by atoms with Crippen LogP contribution in [0.4, 0.5) is 4.79 Å². The monoisotopic (exact) mass is 325 g/mol. The average Bonchev–Trinajstić information content (AvgIpc) is 2.49. The Labute approximate surface area is 139 Å². The summed E-state index contributed by atoms with van der Waals surface area (Å²) in [6, 6.07) is 0. The Hall–Kier alpha value is -1.76. The number of aliphatic imine (C=N–C) groups is 1. The van der Waals surface area contributed by atoms with E-state index in [-0.39, 0.29) is 6.09 Å². The van der Waals surface area contributed by atoms with Gasteiger partial charge in [-0.2, -0.15) is 0 Å². The first-order chi connectivity index (χ1) is 10.9. The number of piperazine rings is 1. The van der Waals surface area contributed by atoms with Crippen molar-refractivity contribution in [2.24, 2.45) is 4.99 Å². The molecule has 23 heavy (non-hydrogen) atoms. The summed E-state index contributed by atoms with van der Waals surface area (Å²) in [6.45, 7) is 14.9. The Bertz CT molecular complexity index is 409. The number of amides is 1. The molecule has 1 fully saturated rings. The summed E-state index contributed by atoms with van der Waals surface area (Å²) < 4.78 is 5.40. The zero-order valence-electron chi connectivity index (χ0n) is 14.9. The normalized spacial score (nSPS) is 16.9. The summed E-state index contributed by atoms with van der Waals surface area (Å²) in [5.41, 5.74) is -0.438. The second-order valence-corrected chi connectivity index (χ2v) is 6.48. The van der Waals surface area contributed by atoms with Crippen molar-refractivity contribution in [3.8, 4) is 0 Å². The van der Waals surface area contributed by atoms with Crippen LogP contribution in [0.25, 0.3) is 0 Å². The van der Waals surface area contributed by atoms with Crippen molar-refractivity contribution < 1.29 is 9.53 Å². The van der Waals surface area contributed by atoms with Crippen LogP contribution < -0.4 is 10.6 Å². The fraction of sp³-hybridized carbons (Fsp3) is 0.750. The molecule has 0 atom stereocenters. The van der Waals surface area contributed by atoms with Crippen molar-refractivity contribution >= 4 is 12.1 Å². The molecular weight excluding hydrogens is 294 g/mol. The highest BCUT2D eigenvalue weighted by Crippen LogP contribution is 2.11. The number of carbonyl (C=O) groups is 1. The Balaban J connectivity index is 2.24. The summed E-state index contributed by atoms with van der Waals surface area (Å²) in [7, 11) is 1.75. The van der Waals surface area contributed by atoms with Crippen LogP contribution in [0.2, 0.25) is 0 Å². The minimum atomic E-state index is -0.438. The number of hydrogen-bond donors (Lipinski definition) is 2. The molecule has 0 radical (unpaired) electrons. The van der Waals surface area contributed by atoms with E-state index in [1.807, 2.05) is 20.8 Å². The molecule has 1 rings (SSSR count). The van der Waals surface area contributed by atoms with E-state index in [1.165, 1.54) is 0 Å². The third kappa shape index (κ3) is 7.88. The number of nitrogens with one attached hydrogen (secondary N) is 2. The van der Waals surface area contributed by atoms with Crippen molar-refractivity contribution in [3.05, 3.63) is 12.7 Å². The van der Waals surface area contributed by atoms with Crippen molar-refractivity contribution in [2.75, 3.05) is 52.9 Å². The largest absolute Gasteiger partial charge is 0.444 e. The van der Waals surface area contributed by atoms with Gasteiger partial charge in [0.1, 0.15) is 5.60 Å². The molecule has 0 saturated carbocycles. The highest BCUT2D eigenvalue weighted by atomic mass is 16.6. The fourth-order valence-electron chi connectivity index (χ4n) is 2.20. The van der Waals surface area contributed by atoms with Gasteiger partial charge in [0, 0.05) is 52.9 Å². The summed E-state index contributed by atoms with van der Waals surface area (Å²) in [5, 5.41) is 6.39. The van der Waals surface area contributed by atoms with Gasteiger partial charge in [0.2, 0.25) is 0 Å². The third-order valence-electron chi connectivity index (χ3n) is 3.38. The smallest absolute Gasteiger partial charge is 0.410 e. The summed E-state index contributed by atoms with van der Waals surface area (Å²) in [5.74, 6) is 0.775. The lowest BCUT2D eigenvalue weighted by Crippen LogP contribution is -2.51. The molecule has 132 valence electrons. The van der Waals surface area contributed by atoms with Gasteiger partial charge in [-0.1, -0.05) is 6.08 Å². The Morgan fingerprint density at radius 2 is 1.91 bits per heavy atom. The van der Waals surface area contributed by atoms with Crippen LogP contribution in [-0.2, 0) is 4.74 Å². The number of guanidine groups is 1. The second-order valence-electron chi connectivity index (χ2n) is 6.48. The lowest BCUT2D eigenvalue weighted by molar-refractivity contribution is 0.0147. The van der Waals surface area contributed by atoms with Crippen LogP contribution in [0.5, 0.6) is 0 Å². The predicted octanol–water partition coefficient (Wildman–Crippen LogP) is 0.890. The van der Waals surface area contributed by atoms with Gasteiger partial charge in [-0.05, 0) is 20.8 Å². The van der Waals surface area contributed by atoms with Crippen LogP contribution in [0.1, 0.15) is 20.8 Å². The molecule has 1 aliphatic rings. The first kappa shape index (κ1) is 19.3. The quantitative estimate of drug-likeness (QED) is 0.446. The van der Waals surface area contributed by atoms with E-state index in [0.717, 1.165) is 32.1 Å². The van der Waals surface area contributed by atoms with E-state index in [1.54, 1.807) is 18.0 Å². The maximum absolute atomic E-state index is 12.0. The molecule has 1 aliphatic heterocycles. The lowest BCUT2D eigenvalue weighted by Gasteiger charge is -2.35. The molecule has 7 heteroatoms. The van der Waals surface area contributed by atoms with Gasteiger partial charge in [0.05, 0.1) is 0 Å². The van der Waals surface area contributed by atoms with Crippen LogP contribution >= 0.6 is 0 Å². The summed E-state index contributed by atoms with van der Waals surface area (Å²) in [6.07, 6.45) is 1.58. The van der Waals surface area contributed by atoms with Crippen molar-refractivity contribution in [2.45, 2.75) is 26.4 Å². The minimum Gasteiger partial charge on any atom is -0.444 e.